The molecule has 0 heterocycles. The zero-order chi connectivity index (χ0) is 20.0. The van der Waals surface area contributed by atoms with Crippen LogP contribution in [0.1, 0.15) is 27.4 Å². The first-order valence-electron chi connectivity index (χ1n) is 8.28. The molecule has 28 heavy (non-hydrogen) atoms. The van der Waals surface area contributed by atoms with Gasteiger partial charge in [-0.25, -0.2) is 26.7 Å². The topological polar surface area (TPSA) is 26.3 Å². The molecule has 0 atom stereocenters. The summed E-state index contributed by atoms with van der Waals surface area (Å²) in [5, 5.41) is 0. The van der Waals surface area contributed by atoms with Gasteiger partial charge in [-0.3, -0.25) is 0 Å². The van der Waals surface area contributed by atoms with E-state index in [2.05, 4.69) is 0 Å². The summed E-state index contributed by atoms with van der Waals surface area (Å²) in [7, 11) is 0. The molecular formula is C21H11F5O2. The smallest absolute Gasteiger partial charge is 0.344 e. The maximum atomic E-state index is 13.8. The molecule has 0 spiro atoms. The highest BCUT2D eigenvalue weighted by molar-refractivity contribution is 5.90. The van der Waals surface area contributed by atoms with Gasteiger partial charge >= 0.3 is 5.97 Å². The van der Waals surface area contributed by atoms with Crippen molar-refractivity contribution in [3.05, 3.63) is 94.3 Å². The normalized spacial score (nSPS) is 12.6. The van der Waals surface area contributed by atoms with Crippen molar-refractivity contribution < 1.29 is 31.5 Å². The number of halogens is 5. The number of carbonyl (C=O) groups is 1. The number of hydrogen-bond acceptors (Lipinski definition) is 2. The summed E-state index contributed by atoms with van der Waals surface area (Å²) in [5.41, 5.74) is 1.93. The van der Waals surface area contributed by atoms with Crippen LogP contribution >= 0.6 is 0 Å². The van der Waals surface area contributed by atoms with Crippen LogP contribution in [0.15, 0.2) is 48.5 Å². The lowest BCUT2D eigenvalue weighted by Crippen LogP contribution is -2.18. The summed E-state index contributed by atoms with van der Waals surface area (Å²) in [4.78, 5) is 12.1. The fraction of sp³-hybridized carbons (Fsp3) is 0.0952. The number of fused-ring (bicyclic) bond motifs is 3. The number of esters is 1. The van der Waals surface area contributed by atoms with Gasteiger partial charge in [-0.1, -0.05) is 48.5 Å². The minimum absolute atomic E-state index is 0.313. The predicted octanol–water partition coefficient (Wildman–Crippen LogP) is 5.35. The van der Waals surface area contributed by atoms with Crippen LogP contribution in [0.2, 0.25) is 0 Å². The molecule has 7 heteroatoms. The van der Waals surface area contributed by atoms with E-state index in [4.69, 9.17) is 4.74 Å². The number of carbonyl (C=O) groups excluding carboxylic acids is 1. The molecule has 142 valence electrons. The lowest BCUT2D eigenvalue weighted by molar-refractivity contribution is 0.0479. The third-order valence-corrected chi connectivity index (χ3v) is 4.76. The number of hydrogen-bond donors (Lipinski definition) is 0. The van der Waals surface area contributed by atoms with Gasteiger partial charge < -0.3 is 4.74 Å². The Bertz CT molecular complexity index is 1040. The zero-order valence-electron chi connectivity index (χ0n) is 14.1. The third-order valence-electron chi connectivity index (χ3n) is 4.76. The predicted molar refractivity (Wildman–Crippen MR) is 90.2 cm³/mol. The first kappa shape index (κ1) is 18.2. The molecule has 0 N–H and O–H groups in total. The van der Waals surface area contributed by atoms with Crippen LogP contribution in [0.3, 0.4) is 0 Å². The molecule has 3 aromatic rings. The van der Waals surface area contributed by atoms with Crippen molar-refractivity contribution in [2.45, 2.75) is 5.92 Å². The molecule has 0 amide bonds. The fourth-order valence-corrected chi connectivity index (χ4v) is 3.45. The second-order valence-electron chi connectivity index (χ2n) is 6.27. The highest BCUT2D eigenvalue weighted by atomic mass is 19.2. The molecular weight excluding hydrogens is 379 g/mol. The van der Waals surface area contributed by atoms with Gasteiger partial charge in [0.05, 0.1) is 0 Å². The Hall–Kier alpha value is -3.22. The van der Waals surface area contributed by atoms with E-state index >= 15 is 0 Å². The molecule has 0 radical (unpaired) electrons. The van der Waals surface area contributed by atoms with Crippen molar-refractivity contribution in [2.75, 3.05) is 6.61 Å². The van der Waals surface area contributed by atoms with Crippen molar-refractivity contribution in [3.8, 4) is 11.1 Å². The zero-order valence-corrected chi connectivity index (χ0v) is 14.1. The van der Waals surface area contributed by atoms with Gasteiger partial charge in [0.2, 0.25) is 5.82 Å². The Kier molecular flexibility index (Phi) is 4.37. The van der Waals surface area contributed by atoms with E-state index in [1.165, 1.54) is 0 Å². The van der Waals surface area contributed by atoms with E-state index in [9.17, 15) is 26.7 Å². The van der Waals surface area contributed by atoms with E-state index in [0.717, 1.165) is 22.3 Å². The van der Waals surface area contributed by atoms with Gasteiger partial charge in [0, 0.05) is 5.92 Å². The standard InChI is InChI=1S/C21H11F5O2/c22-16-15(17(23)19(25)20(26)18(16)24)21(27)28-9-14-12-7-3-1-5-10(12)11-6-2-4-8-13(11)14/h1-8,14H,9H2. The van der Waals surface area contributed by atoms with Gasteiger partial charge in [0.1, 0.15) is 12.2 Å². The molecule has 0 bridgehead atoms. The van der Waals surface area contributed by atoms with Gasteiger partial charge in [0.25, 0.3) is 0 Å². The fourth-order valence-electron chi connectivity index (χ4n) is 3.45. The summed E-state index contributed by atoms with van der Waals surface area (Å²) in [5.74, 6) is -13.2. The number of rotatable bonds is 3. The molecule has 1 aliphatic carbocycles. The number of benzene rings is 3. The maximum absolute atomic E-state index is 13.8. The van der Waals surface area contributed by atoms with E-state index in [0.29, 0.717) is 0 Å². The molecule has 3 aromatic carbocycles. The molecule has 0 aliphatic heterocycles. The Balaban J connectivity index is 1.65. The lowest BCUT2D eigenvalue weighted by atomic mass is 9.98. The molecule has 0 saturated heterocycles. The van der Waals surface area contributed by atoms with Crippen molar-refractivity contribution in [1.29, 1.82) is 0 Å². The second-order valence-corrected chi connectivity index (χ2v) is 6.27. The lowest BCUT2D eigenvalue weighted by Gasteiger charge is -2.15. The van der Waals surface area contributed by atoms with Crippen LogP contribution in [0.5, 0.6) is 0 Å². The quantitative estimate of drug-likeness (QED) is 0.261. The average Bonchev–Trinajstić information content (AvgIpc) is 3.03. The molecule has 4 rings (SSSR count). The largest absolute Gasteiger partial charge is 0.461 e. The highest BCUT2D eigenvalue weighted by Crippen LogP contribution is 2.44. The minimum atomic E-state index is -2.33. The van der Waals surface area contributed by atoms with Crippen LogP contribution in [0, 0.1) is 29.1 Å². The summed E-state index contributed by atoms with van der Waals surface area (Å²) in [6.07, 6.45) is 0. The molecule has 0 unspecified atom stereocenters. The van der Waals surface area contributed by atoms with E-state index < -0.39 is 46.5 Å². The summed E-state index contributed by atoms with van der Waals surface area (Å²) < 4.78 is 72.4. The van der Waals surface area contributed by atoms with Crippen molar-refractivity contribution in [1.82, 2.24) is 0 Å². The van der Waals surface area contributed by atoms with Gasteiger partial charge in [-0.05, 0) is 22.3 Å². The van der Waals surface area contributed by atoms with Crippen LogP contribution in [-0.2, 0) is 4.74 Å². The summed E-state index contributed by atoms with van der Waals surface area (Å²) in [6, 6.07) is 14.7. The van der Waals surface area contributed by atoms with Crippen LogP contribution in [0.4, 0.5) is 22.0 Å². The Morgan fingerprint density at radius 3 is 1.64 bits per heavy atom. The molecule has 2 nitrogen and oxygen atoms in total. The highest BCUT2D eigenvalue weighted by Gasteiger charge is 2.33. The Morgan fingerprint density at radius 2 is 1.14 bits per heavy atom. The first-order valence-corrected chi connectivity index (χ1v) is 8.28. The van der Waals surface area contributed by atoms with Crippen LogP contribution < -0.4 is 0 Å². The summed E-state index contributed by atoms with van der Waals surface area (Å²) in [6.45, 7) is -0.313. The van der Waals surface area contributed by atoms with E-state index in [1.807, 2.05) is 36.4 Å². The van der Waals surface area contributed by atoms with Gasteiger partial charge in [-0.2, -0.15) is 0 Å². The Morgan fingerprint density at radius 1 is 0.714 bits per heavy atom. The van der Waals surface area contributed by atoms with Gasteiger partial charge in [-0.15, -0.1) is 0 Å². The molecule has 1 aliphatic rings. The van der Waals surface area contributed by atoms with E-state index in [-0.39, 0.29) is 6.61 Å². The molecule has 0 fully saturated rings. The Labute approximate surface area is 156 Å². The molecule has 0 aromatic heterocycles. The maximum Gasteiger partial charge on any atom is 0.344 e. The summed E-state index contributed by atoms with van der Waals surface area (Å²) >= 11 is 0. The monoisotopic (exact) mass is 390 g/mol. The van der Waals surface area contributed by atoms with E-state index in [1.54, 1.807) is 12.1 Å². The first-order chi connectivity index (χ1) is 13.4. The van der Waals surface area contributed by atoms with Crippen LogP contribution in [-0.4, -0.2) is 12.6 Å². The number of ether oxygens (including phenoxy) is 1. The van der Waals surface area contributed by atoms with Crippen molar-refractivity contribution >= 4 is 5.97 Å². The third kappa shape index (κ3) is 2.66. The van der Waals surface area contributed by atoms with Gasteiger partial charge in [0.15, 0.2) is 23.3 Å². The molecule has 0 saturated carbocycles. The van der Waals surface area contributed by atoms with Crippen molar-refractivity contribution in [3.63, 3.8) is 0 Å². The second kappa shape index (κ2) is 6.74. The van der Waals surface area contributed by atoms with Crippen LogP contribution in [0.25, 0.3) is 11.1 Å². The van der Waals surface area contributed by atoms with Crippen molar-refractivity contribution in [2.24, 2.45) is 0 Å². The minimum Gasteiger partial charge on any atom is -0.461 e. The SMILES string of the molecule is O=C(OCC1c2ccccc2-c2ccccc21)c1c(F)c(F)c(F)c(F)c1F. The average molecular weight is 390 g/mol.